The Morgan fingerprint density at radius 1 is 1.29 bits per heavy atom. The van der Waals surface area contributed by atoms with Crippen molar-refractivity contribution < 1.29 is 14.3 Å². The molecule has 0 aromatic heterocycles. The molecule has 1 aromatic rings. The summed E-state index contributed by atoms with van der Waals surface area (Å²) in [5, 5.41) is 3.08. The van der Waals surface area contributed by atoms with Crippen molar-refractivity contribution in [2.45, 2.75) is 45.1 Å². The summed E-state index contributed by atoms with van der Waals surface area (Å²) in [7, 11) is 1.61. The summed E-state index contributed by atoms with van der Waals surface area (Å²) in [5.74, 6) is -0.0590. The SMILES string of the molecule is CCc1ccc(CC)c(NC(=O)C2(OC)CCOCC2)c1. The molecule has 1 aliphatic rings. The fourth-order valence-corrected chi connectivity index (χ4v) is 2.73. The quantitative estimate of drug-likeness (QED) is 0.907. The van der Waals surface area contributed by atoms with Crippen molar-refractivity contribution in [2.24, 2.45) is 0 Å². The van der Waals surface area contributed by atoms with Crippen LogP contribution < -0.4 is 5.32 Å². The standard InChI is InChI=1S/C17H25NO3/c1-4-13-6-7-14(5-2)15(12-13)18-16(19)17(20-3)8-10-21-11-9-17/h6-7,12H,4-5,8-11H2,1-3H3,(H,18,19). The number of rotatable bonds is 5. The molecule has 1 heterocycles. The van der Waals surface area contributed by atoms with Crippen molar-refractivity contribution in [3.8, 4) is 0 Å². The first-order valence-corrected chi connectivity index (χ1v) is 7.71. The Labute approximate surface area is 126 Å². The zero-order chi connectivity index (χ0) is 15.3. The van der Waals surface area contributed by atoms with E-state index >= 15 is 0 Å². The Bertz CT molecular complexity index is 493. The van der Waals surface area contributed by atoms with Gasteiger partial charge in [0.15, 0.2) is 5.60 Å². The van der Waals surface area contributed by atoms with E-state index in [1.807, 2.05) is 0 Å². The summed E-state index contributed by atoms with van der Waals surface area (Å²) in [6, 6.07) is 6.28. The summed E-state index contributed by atoms with van der Waals surface area (Å²) in [5.41, 5.74) is 2.52. The third-order valence-electron chi connectivity index (χ3n) is 4.32. The number of amides is 1. The molecule has 0 aliphatic carbocycles. The van der Waals surface area contributed by atoms with Gasteiger partial charge in [-0.2, -0.15) is 0 Å². The van der Waals surface area contributed by atoms with Gasteiger partial charge in [-0.05, 0) is 30.0 Å². The molecule has 21 heavy (non-hydrogen) atoms. The van der Waals surface area contributed by atoms with Crippen LogP contribution in [-0.2, 0) is 27.1 Å². The van der Waals surface area contributed by atoms with E-state index in [1.165, 1.54) is 5.56 Å². The number of hydrogen-bond acceptors (Lipinski definition) is 3. The van der Waals surface area contributed by atoms with Gasteiger partial charge in [-0.1, -0.05) is 26.0 Å². The summed E-state index contributed by atoms with van der Waals surface area (Å²) < 4.78 is 10.9. The lowest BCUT2D eigenvalue weighted by molar-refractivity contribution is -0.149. The first kappa shape index (κ1) is 16.0. The lowest BCUT2D eigenvalue weighted by atomic mass is 9.92. The highest BCUT2D eigenvalue weighted by molar-refractivity contribution is 5.98. The largest absolute Gasteiger partial charge is 0.381 e. The van der Waals surface area contributed by atoms with Gasteiger partial charge in [0, 0.05) is 38.9 Å². The first-order valence-electron chi connectivity index (χ1n) is 7.71. The molecule has 0 spiro atoms. The van der Waals surface area contributed by atoms with Crippen LogP contribution in [-0.4, -0.2) is 31.8 Å². The van der Waals surface area contributed by atoms with Crippen LogP contribution in [0.2, 0.25) is 0 Å². The van der Waals surface area contributed by atoms with Gasteiger partial charge >= 0.3 is 0 Å². The van der Waals surface area contributed by atoms with E-state index in [2.05, 4.69) is 37.4 Å². The molecule has 0 saturated carbocycles. The molecule has 116 valence electrons. The molecule has 2 rings (SSSR count). The minimum Gasteiger partial charge on any atom is -0.381 e. The number of carbonyl (C=O) groups excluding carboxylic acids is 1. The predicted octanol–water partition coefficient (Wildman–Crippen LogP) is 2.95. The number of nitrogens with one attached hydrogen (secondary N) is 1. The van der Waals surface area contributed by atoms with Crippen molar-refractivity contribution in [2.75, 3.05) is 25.6 Å². The molecule has 0 atom stereocenters. The molecule has 1 amide bonds. The summed E-state index contributed by atoms with van der Waals surface area (Å²) in [6.45, 7) is 5.34. The van der Waals surface area contributed by atoms with Crippen molar-refractivity contribution >= 4 is 11.6 Å². The van der Waals surface area contributed by atoms with Gasteiger partial charge in [-0.15, -0.1) is 0 Å². The zero-order valence-electron chi connectivity index (χ0n) is 13.2. The molecule has 1 aliphatic heterocycles. The molecule has 1 N–H and O–H groups in total. The van der Waals surface area contributed by atoms with Gasteiger partial charge in [-0.3, -0.25) is 4.79 Å². The van der Waals surface area contributed by atoms with Crippen LogP contribution in [0.25, 0.3) is 0 Å². The molecule has 1 saturated heterocycles. The molecule has 0 unspecified atom stereocenters. The van der Waals surface area contributed by atoms with Gasteiger partial charge < -0.3 is 14.8 Å². The number of aryl methyl sites for hydroxylation is 2. The van der Waals surface area contributed by atoms with Crippen LogP contribution in [0.5, 0.6) is 0 Å². The normalized spacial score (nSPS) is 17.5. The van der Waals surface area contributed by atoms with E-state index < -0.39 is 5.60 Å². The van der Waals surface area contributed by atoms with E-state index in [0.29, 0.717) is 26.1 Å². The highest BCUT2D eigenvalue weighted by atomic mass is 16.5. The van der Waals surface area contributed by atoms with Crippen LogP contribution in [0.1, 0.15) is 37.8 Å². The first-order chi connectivity index (χ1) is 10.1. The van der Waals surface area contributed by atoms with Crippen LogP contribution in [0.15, 0.2) is 18.2 Å². The minimum absolute atomic E-state index is 0.0590. The Hall–Kier alpha value is -1.39. The Morgan fingerprint density at radius 2 is 2.00 bits per heavy atom. The van der Waals surface area contributed by atoms with Crippen molar-refractivity contribution in [1.82, 2.24) is 0 Å². The number of anilines is 1. The van der Waals surface area contributed by atoms with Gasteiger partial charge in [-0.25, -0.2) is 0 Å². The molecule has 0 radical (unpaired) electrons. The zero-order valence-corrected chi connectivity index (χ0v) is 13.2. The van der Waals surface area contributed by atoms with Gasteiger partial charge in [0.2, 0.25) is 0 Å². The molecule has 1 aromatic carbocycles. The highest BCUT2D eigenvalue weighted by Gasteiger charge is 2.40. The monoisotopic (exact) mass is 291 g/mol. The van der Waals surface area contributed by atoms with E-state index in [1.54, 1.807) is 7.11 Å². The number of methoxy groups -OCH3 is 1. The van der Waals surface area contributed by atoms with Gasteiger partial charge in [0.05, 0.1) is 0 Å². The van der Waals surface area contributed by atoms with E-state index in [4.69, 9.17) is 9.47 Å². The summed E-state index contributed by atoms with van der Waals surface area (Å²) in [4.78, 5) is 12.7. The number of hydrogen-bond donors (Lipinski definition) is 1. The van der Waals surface area contributed by atoms with Crippen LogP contribution >= 0.6 is 0 Å². The Kier molecular flexibility index (Phi) is 5.37. The maximum absolute atomic E-state index is 12.7. The lowest BCUT2D eigenvalue weighted by Crippen LogP contribution is -2.48. The average Bonchev–Trinajstić information content (AvgIpc) is 2.55. The fourth-order valence-electron chi connectivity index (χ4n) is 2.73. The van der Waals surface area contributed by atoms with Gasteiger partial charge in [0.25, 0.3) is 5.91 Å². The molecule has 1 fully saturated rings. The Morgan fingerprint density at radius 3 is 2.57 bits per heavy atom. The maximum Gasteiger partial charge on any atom is 0.256 e. The van der Waals surface area contributed by atoms with Crippen LogP contribution in [0, 0.1) is 0 Å². The summed E-state index contributed by atoms with van der Waals surface area (Å²) in [6.07, 6.45) is 3.05. The molecule has 4 heteroatoms. The van der Waals surface area contributed by atoms with E-state index in [0.717, 1.165) is 24.1 Å². The third kappa shape index (κ3) is 3.44. The van der Waals surface area contributed by atoms with Crippen molar-refractivity contribution in [3.05, 3.63) is 29.3 Å². The molecule has 4 nitrogen and oxygen atoms in total. The molecular weight excluding hydrogens is 266 g/mol. The number of benzene rings is 1. The number of carbonyl (C=O) groups is 1. The summed E-state index contributed by atoms with van der Waals surface area (Å²) >= 11 is 0. The second-order valence-corrected chi connectivity index (χ2v) is 5.46. The van der Waals surface area contributed by atoms with Gasteiger partial charge in [0.1, 0.15) is 0 Å². The average molecular weight is 291 g/mol. The van der Waals surface area contributed by atoms with Crippen LogP contribution in [0.3, 0.4) is 0 Å². The minimum atomic E-state index is -0.758. The smallest absolute Gasteiger partial charge is 0.256 e. The predicted molar refractivity (Wildman–Crippen MR) is 83.6 cm³/mol. The van der Waals surface area contributed by atoms with E-state index in [9.17, 15) is 4.79 Å². The van der Waals surface area contributed by atoms with Crippen molar-refractivity contribution in [3.63, 3.8) is 0 Å². The second kappa shape index (κ2) is 7.05. The maximum atomic E-state index is 12.7. The fraction of sp³-hybridized carbons (Fsp3) is 0.588. The third-order valence-corrected chi connectivity index (χ3v) is 4.32. The lowest BCUT2D eigenvalue weighted by Gasteiger charge is -2.34. The molecular formula is C17H25NO3. The Balaban J connectivity index is 2.21. The van der Waals surface area contributed by atoms with E-state index in [-0.39, 0.29) is 5.91 Å². The number of ether oxygens (including phenoxy) is 2. The molecule has 0 bridgehead atoms. The van der Waals surface area contributed by atoms with Crippen LogP contribution in [0.4, 0.5) is 5.69 Å². The second-order valence-electron chi connectivity index (χ2n) is 5.46. The van der Waals surface area contributed by atoms with Crippen molar-refractivity contribution in [1.29, 1.82) is 0 Å². The topological polar surface area (TPSA) is 47.6 Å². The highest BCUT2D eigenvalue weighted by Crippen LogP contribution is 2.28.